The van der Waals surface area contributed by atoms with Crippen LogP contribution in [0, 0.1) is 5.82 Å². The number of hydrogen-bond acceptors (Lipinski definition) is 3. The van der Waals surface area contributed by atoms with E-state index >= 15 is 0 Å². The number of hydrogen-bond donors (Lipinski definition) is 1. The number of ether oxygens (including phenoxy) is 1. The first-order valence-electron chi connectivity index (χ1n) is 5.50. The number of aryl methyl sites for hydroxylation is 1. The Labute approximate surface area is 107 Å². The van der Waals surface area contributed by atoms with Crippen LogP contribution in [0.1, 0.15) is 5.56 Å². The van der Waals surface area contributed by atoms with E-state index < -0.39 is 18.2 Å². The van der Waals surface area contributed by atoms with Crippen LogP contribution in [-0.2, 0) is 13.6 Å². The van der Waals surface area contributed by atoms with Crippen LogP contribution in [0.4, 0.5) is 18.9 Å². The summed E-state index contributed by atoms with van der Waals surface area (Å²) in [4.78, 5) is 0. The van der Waals surface area contributed by atoms with Crippen LogP contribution in [0.5, 0.6) is 5.75 Å². The molecule has 0 aliphatic heterocycles. The standard InChI is InChI=1S/C12H12F3N3O/c1-18-7-8(6-17-18)5-16-9-2-3-11(10(13)4-9)19-12(14)15/h2-4,6-7,12,16H,5H2,1H3. The van der Waals surface area contributed by atoms with Crippen LogP contribution >= 0.6 is 0 Å². The van der Waals surface area contributed by atoms with E-state index in [0.717, 1.165) is 17.7 Å². The molecular weight excluding hydrogens is 259 g/mol. The van der Waals surface area contributed by atoms with E-state index in [9.17, 15) is 13.2 Å². The van der Waals surface area contributed by atoms with E-state index in [4.69, 9.17) is 0 Å². The van der Waals surface area contributed by atoms with Gasteiger partial charge in [0.15, 0.2) is 11.6 Å². The van der Waals surface area contributed by atoms with Gasteiger partial charge in [0.05, 0.1) is 6.20 Å². The van der Waals surface area contributed by atoms with Gasteiger partial charge in [0, 0.05) is 37.1 Å². The molecule has 0 aliphatic carbocycles. The lowest BCUT2D eigenvalue weighted by Gasteiger charge is -2.08. The molecule has 2 aromatic rings. The molecule has 0 aliphatic rings. The molecule has 0 fully saturated rings. The highest BCUT2D eigenvalue weighted by Crippen LogP contribution is 2.23. The fourth-order valence-electron chi connectivity index (χ4n) is 1.57. The number of rotatable bonds is 5. The minimum atomic E-state index is -3.04. The Bertz CT molecular complexity index is 557. The largest absolute Gasteiger partial charge is 0.432 e. The van der Waals surface area contributed by atoms with Gasteiger partial charge in [-0.2, -0.15) is 13.9 Å². The Morgan fingerprint density at radius 3 is 2.79 bits per heavy atom. The number of nitrogens with zero attached hydrogens (tertiary/aromatic N) is 2. The fraction of sp³-hybridized carbons (Fsp3) is 0.250. The Morgan fingerprint density at radius 2 is 2.21 bits per heavy atom. The van der Waals surface area contributed by atoms with Crippen LogP contribution in [0.25, 0.3) is 0 Å². The van der Waals surface area contributed by atoms with Gasteiger partial charge in [0.2, 0.25) is 0 Å². The lowest BCUT2D eigenvalue weighted by molar-refractivity contribution is -0.0521. The van der Waals surface area contributed by atoms with Crippen LogP contribution in [0.2, 0.25) is 0 Å². The van der Waals surface area contributed by atoms with Crippen molar-refractivity contribution in [3.8, 4) is 5.75 Å². The van der Waals surface area contributed by atoms with E-state index in [1.54, 1.807) is 17.9 Å². The average molecular weight is 271 g/mol. The fourth-order valence-corrected chi connectivity index (χ4v) is 1.57. The predicted molar refractivity (Wildman–Crippen MR) is 63.6 cm³/mol. The summed E-state index contributed by atoms with van der Waals surface area (Å²) in [5.41, 5.74) is 1.40. The molecule has 1 aromatic heterocycles. The summed E-state index contributed by atoms with van der Waals surface area (Å²) in [7, 11) is 1.79. The topological polar surface area (TPSA) is 39.1 Å². The minimum absolute atomic E-state index is 0.461. The van der Waals surface area contributed by atoms with E-state index in [1.165, 1.54) is 6.07 Å². The summed E-state index contributed by atoms with van der Waals surface area (Å²) in [6.07, 6.45) is 3.50. The van der Waals surface area contributed by atoms with Crippen molar-refractivity contribution < 1.29 is 17.9 Å². The monoisotopic (exact) mass is 271 g/mol. The molecule has 19 heavy (non-hydrogen) atoms. The lowest BCUT2D eigenvalue weighted by atomic mass is 10.2. The van der Waals surface area contributed by atoms with Crippen molar-refractivity contribution in [2.24, 2.45) is 7.05 Å². The first-order chi connectivity index (χ1) is 9.04. The van der Waals surface area contributed by atoms with Crippen molar-refractivity contribution in [2.75, 3.05) is 5.32 Å². The maximum atomic E-state index is 13.4. The van der Waals surface area contributed by atoms with E-state index in [2.05, 4.69) is 15.2 Å². The van der Waals surface area contributed by atoms with Crippen LogP contribution in [-0.4, -0.2) is 16.4 Å². The molecule has 0 radical (unpaired) electrons. The second-order valence-electron chi connectivity index (χ2n) is 3.90. The molecule has 0 saturated carbocycles. The number of nitrogens with one attached hydrogen (secondary N) is 1. The average Bonchev–Trinajstić information content (AvgIpc) is 2.75. The number of halogens is 3. The summed E-state index contributed by atoms with van der Waals surface area (Å²) in [5, 5.41) is 6.95. The second kappa shape index (κ2) is 5.64. The third-order valence-corrected chi connectivity index (χ3v) is 2.40. The Balaban J connectivity index is 1.99. The molecule has 4 nitrogen and oxygen atoms in total. The third-order valence-electron chi connectivity index (χ3n) is 2.40. The molecule has 1 aromatic carbocycles. The van der Waals surface area contributed by atoms with Gasteiger partial charge >= 0.3 is 6.61 Å². The highest BCUT2D eigenvalue weighted by atomic mass is 19.3. The van der Waals surface area contributed by atoms with Crippen molar-refractivity contribution in [1.29, 1.82) is 0 Å². The van der Waals surface area contributed by atoms with Crippen molar-refractivity contribution in [1.82, 2.24) is 9.78 Å². The predicted octanol–water partition coefficient (Wildman–Crippen LogP) is 2.77. The van der Waals surface area contributed by atoms with Gasteiger partial charge in [0.1, 0.15) is 0 Å². The van der Waals surface area contributed by atoms with Crippen molar-refractivity contribution in [3.05, 3.63) is 42.0 Å². The van der Waals surface area contributed by atoms with Crippen molar-refractivity contribution in [2.45, 2.75) is 13.2 Å². The molecule has 102 valence electrons. The molecule has 1 N–H and O–H groups in total. The van der Waals surface area contributed by atoms with Crippen molar-refractivity contribution >= 4 is 5.69 Å². The third kappa shape index (κ3) is 3.64. The summed E-state index contributed by atoms with van der Waals surface area (Å²) in [5.74, 6) is -1.31. The highest BCUT2D eigenvalue weighted by Gasteiger charge is 2.10. The molecule has 1 heterocycles. The van der Waals surface area contributed by atoms with Gasteiger partial charge in [-0.1, -0.05) is 0 Å². The lowest BCUT2D eigenvalue weighted by Crippen LogP contribution is -2.04. The van der Waals surface area contributed by atoms with Gasteiger partial charge in [-0.15, -0.1) is 0 Å². The molecule has 7 heteroatoms. The molecule has 0 unspecified atom stereocenters. The van der Waals surface area contributed by atoms with Crippen molar-refractivity contribution in [3.63, 3.8) is 0 Å². The molecule has 0 saturated heterocycles. The van der Waals surface area contributed by atoms with Crippen LogP contribution < -0.4 is 10.1 Å². The number of benzene rings is 1. The zero-order valence-corrected chi connectivity index (χ0v) is 10.1. The van der Waals surface area contributed by atoms with E-state index in [0.29, 0.717) is 12.2 Å². The van der Waals surface area contributed by atoms with Gasteiger partial charge < -0.3 is 10.1 Å². The number of anilines is 1. The molecule has 0 atom stereocenters. The Morgan fingerprint density at radius 1 is 1.42 bits per heavy atom. The highest BCUT2D eigenvalue weighted by molar-refractivity contribution is 5.47. The summed E-state index contributed by atoms with van der Waals surface area (Å²) >= 11 is 0. The molecule has 0 spiro atoms. The normalized spacial score (nSPS) is 10.8. The first-order valence-corrected chi connectivity index (χ1v) is 5.50. The first kappa shape index (κ1) is 13.3. The van der Waals surface area contributed by atoms with Gasteiger partial charge in [-0.05, 0) is 12.1 Å². The Hall–Kier alpha value is -2.18. The maximum absolute atomic E-state index is 13.4. The van der Waals surface area contributed by atoms with Crippen LogP contribution in [0.3, 0.4) is 0 Å². The zero-order valence-electron chi connectivity index (χ0n) is 10.1. The van der Waals surface area contributed by atoms with Gasteiger partial charge in [-0.25, -0.2) is 4.39 Å². The van der Waals surface area contributed by atoms with Gasteiger partial charge in [-0.3, -0.25) is 4.68 Å². The number of alkyl halides is 2. The summed E-state index contributed by atoms with van der Waals surface area (Å²) in [6.45, 7) is -2.58. The minimum Gasteiger partial charge on any atom is -0.432 e. The van der Waals surface area contributed by atoms with E-state index in [-0.39, 0.29) is 0 Å². The summed E-state index contributed by atoms with van der Waals surface area (Å²) < 4.78 is 43.0. The maximum Gasteiger partial charge on any atom is 0.387 e. The molecule has 0 amide bonds. The summed E-state index contributed by atoms with van der Waals surface area (Å²) in [6, 6.07) is 3.73. The zero-order chi connectivity index (χ0) is 13.8. The molecule has 0 bridgehead atoms. The smallest absolute Gasteiger partial charge is 0.387 e. The Kier molecular flexibility index (Phi) is 3.94. The van der Waals surface area contributed by atoms with Crippen LogP contribution in [0.15, 0.2) is 30.6 Å². The van der Waals surface area contributed by atoms with E-state index in [1.807, 2.05) is 6.20 Å². The quantitative estimate of drug-likeness (QED) is 0.908. The SMILES string of the molecule is Cn1cc(CNc2ccc(OC(F)F)c(F)c2)cn1. The second-order valence-corrected chi connectivity index (χ2v) is 3.90. The molecular formula is C12H12F3N3O. The number of aromatic nitrogens is 2. The molecule has 2 rings (SSSR count). The van der Waals surface area contributed by atoms with Gasteiger partial charge in [0.25, 0.3) is 0 Å².